The van der Waals surface area contributed by atoms with Crippen LogP contribution in [0.5, 0.6) is 0 Å². The molecule has 0 unspecified atom stereocenters. The quantitative estimate of drug-likeness (QED) is 0.880. The summed E-state index contributed by atoms with van der Waals surface area (Å²) in [5, 5.41) is 13.6. The molecule has 4 nitrogen and oxygen atoms in total. The van der Waals surface area contributed by atoms with Gasteiger partial charge >= 0.3 is 0 Å². The summed E-state index contributed by atoms with van der Waals surface area (Å²) in [5.41, 5.74) is 1.83. The van der Waals surface area contributed by atoms with E-state index in [2.05, 4.69) is 5.32 Å². The SMILES string of the molecule is Cn1ccc2cc(C(=O)NC3CCC(O)CC3)ccc21. The Morgan fingerprint density at radius 3 is 2.75 bits per heavy atom. The van der Waals surface area contributed by atoms with E-state index in [0.717, 1.165) is 36.6 Å². The molecule has 1 aromatic heterocycles. The maximum Gasteiger partial charge on any atom is 0.251 e. The highest BCUT2D eigenvalue weighted by molar-refractivity contribution is 5.98. The van der Waals surface area contributed by atoms with Gasteiger partial charge in [-0.15, -0.1) is 0 Å². The van der Waals surface area contributed by atoms with Crippen LogP contribution in [-0.4, -0.2) is 27.7 Å². The highest BCUT2D eigenvalue weighted by atomic mass is 16.3. The molecule has 0 saturated heterocycles. The summed E-state index contributed by atoms with van der Waals surface area (Å²) >= 11 is 0. The van der Waals surface area contributed by atoms with Gasteiger partial charge in [-0.2, -0.15) is 0 Å². The van der Waals surface area contributed by atoms with Gasteiger partial charge in [0.2, 0.25) is 0 Å². The second kappa shape index (κ2) is 5.29. The van der Waals surface area contributed by atoms with E-state index in [0.29, 0.717) is 5.56 Å². The second-order valence-corrected chi connectivity index (χ2v) is 5.68. The fourth-order valence-electron chi connectivity index (χ4n) is 2.91. The Kier molecular flexibility index (Phi) is 3.49. The molecule has 1 aromatic carbocycles. The maximum atomic E-state index is 12.3. The van der Waals surface area contributed by atoms with Crippen LogP contribution in [0.25, 0.3) is 10.9 Å². The minimum atomic E-state index is -0.191. The molecule has 1 heterocycles. The lowest BCUT2D eigenvalue weighted by Crippen LogP contribution is -2.38. The lowest BCUT2D eigenvalue weighted by Gasteiger charge is -2.26. The Morgan fingerprint density at radius 2 is 2.00 bits per heavy atom. The predicted octanol–water partition coefficient (Wildman–Crippen LogP) is 2.21. The van der Waals surface area contributed by atoms with Crippen LogP contribution >= 0.6 is 0 Å². The first-order valence-electron chi connectivity index (χ1n) is 7.17. The van der Waals surface area contributed by atoms with E-state index in [1.54, 1.807) is 0 Å². The second-order valence-electron chi connectivity index (χ2n) is 5.68. The van der Waals surface area contributed by atoms with Gasteiger partial charge in [0, 0.05) is 35.8 Å². The van der Waals surface area contributed by atoms with E-state index in [1.165, 1.54) is 0 Å². The molecule has 1 fully saturated rings. The number of rotatable bonds is 2. The number of fused-ring (bicyclic) bond motifs is 1. The van der Waals surface area contributed by atoms with Crippen LogP contribution in [0.4, 0.5) is 0 Å². The molecule has 0 spiro atoms. The van der Waals surface area contributed by atoms with Gasteiger partial charge in [0.1, 0.15) is 0 Å². The number of nitrogens with zero attached hydrogens (tertiary/aromatic N) is 1. The third-order valence-electron chi connectivity index (χ3n) is 4.18. The summed E-state index contributed by atoms with van der Waals surface area (Å²) < 4.78 is 2.04. The van der Waals surface area contributed by atoms with E-state index in [9.17, 15) is 9.90 Å². The summed E-state index contributed by atoms with van der Waals surface area (Å²) in [6, 6.07) is 7.99. The highest BCUT2D eigenvalue weighted by Crippen LogP contribution is 2.20. The van der Waals surface area contributed by atoms with Gasteiger partial charge in [-0.1, -0.05) is 0 Å². The van der Waals surface area contributed by atoms with Gasteiger partial charge in [0.25, 0.3) is 5.91 Å². The molecular weight excluding hydrogens is 252 g/mol. The van der Waals surface area contributed by atoms with Crippen molar-refractivity contribution in [3.8, 4) is 0 Å². The number of amides is 1. The van der Waals surface area contributed by atoms with Crippen molar-refractivity contribution in [3.63, 3.8) is 0 Å². The van der Waals surface area contributed by atoms with Crippen LogP contribution in [0.3, 0.4) is 0 Å². The molecule has 20 heavy (non-hydrogen) atoms. The first-order chi connectivity index (χ1) is 9.63. The minimum Gasteiger partial charge on any atom is -0.393 e. The topological polar surface area (TPSA) is 54.3 Å². The maximum absolute atomic E-state index is 12.3. The number of hydrogen-bond donors (Lipinski definition) is 2. The molecule has 106 valence electrons. The largest absolute Gasteiger partial charge is 0.393 e. The number of aromatic nitrogens is 1. The van der Waals surface area contributed by atoms with Crippen LogP contribution in [0.2, 0.25) is 0 Å². The molecule has 1 saturated carbocycles. The molecule has 0 bridgehead atoms. The molecule has 2 aromatic rings. The number of benzene rings is 1. The average Bonchev–Trinajstić information content (AvgIpc) is 2.82. The number of aliphatic hydroxyl groups is 1. The fourth-order valence-corrected chi connectivity index (χ4v) is 2.91. The first kappa shape index (κ1) is 13.2. The van der Waals surface area contributed by atoms with Gasteiger partial charge in [0.15, 0.2) is 0 Å². The van der Waals surface area contributed by atoms with Crippen LogP contribution < -0.4 is 5.32 Å². The van der Waals surface area contributed by atoms with E-state index >= 15 is 0 Å². The Hall–Kier alpha value is -1.81. The molecule has 1 aliphatic rings. The van der Waals surface area contributed by atoms with Gasteiger partial charge in [-0.3, -0.25) is 4.79 Å². The first-order valence-corrected chi connectivity index (χ1v) is 7.17. The fraction of sp³-hybridized carbons (Fsp3) is 0.438. The molecule has 1 aliphatic carbocycles. The molecule has 0 aliphatic heterocycles. The normalized spacial score (nSPS) is 22.9. The van der Waals surface area contributed by atoms with E-state index in [1.807, 2.05) is 42.1 Å². The zero-order valence-electron chi connectivity index (χ0n) is 11.7. The number of nitrogens with one attached hydrogen (secondary N) is 1. The van der Waals surface area contributed by atoms with Gasteiger partial charge in [-0.05, 0) is 49.9 Å². The van der Waals surface area contributed by atoms with Crippen molar-refractivity contribution in [2.75, 3.05) is 0 Å². The Balaban J connectivity index is 1.72. The van der Waals surface area contributed by atoms with E-state index < -0.39 is 0 Å². The monoisotopic (exact) mass is 272 g/mol. The van der Waals surface area contributed by atoms with Gasteiger partial charge in [-0.25, -0.2) is 0 Å². The number of carbonyl (C=O) groups excluding carboxylic acids is 1. The molecule has 0 radical (unpaired) electrons. The van der Waals surface area contributed by atoms with E-state index in [4.69, 9.17) is 0 Å². The summed E-state index contributed by atoms with van der Waals surface area (Å²) in [7, 11) is 2.00. The molecule has 3 rings (SSSR count). The predicted molar refractivity (Wildman–Crippen MR) is 78.6 cm³/mol. The lowest BCUT2D eigenvalue weighted by molar-refractivity contribution is 0.0868. The van der Waals surface area contributed by atoms with Crippen LogP contribution in [0.15, 0.2) is 30.5 Å². The summed E-state index contributed by atoms with van der Waals surface area (Å²) in [4.78, 5) is 12.3. The van der Waals surface area contributed by atoms with Crippen LogP contribution in [0, 0.1) is 0 Å². The molecular formula is C16H20N2O2. The number of aryl methyl sites for hydroxylation is 1. The number of aliphatic hydroxyl groups excluding tert-OH is 1. The number of carbonyl (C=O) groups is 1. The molecule has 4 heteroatoms. The Morgan fingerprint density at radius 1 is 1.25 bits per heavy atom. The van der Waals surface area contributed by atoms with Crippen molar-refractivity contribution >= 4 is 16.8 Å². The zero-order valence-corrected chi connectivity index (χ0v) is 11.7. The van der Waals surface area contributed by atoms with E-state index in [-0.39, 0.29) is 18.1 Å². The summed E-state index contributed by atoms with van der Waals surface area (Å²) in [5.74, 6) is -0.0165. The van der Waals surface area contributed by atoms with Gasteiger partial charge in [0.05, 0.1) is 6.10 Å². The summed E-state index contributed by atoms with van der Waals surface area (Å²) in [6.07, 6.45) is 5.09. The zero-order chi connectivity index (χ0) is 14.1. The standard InChI is InChI=1S/C16H20N2O2/c1-18-9-8-11-10-12(2-7-15(11)18)16(20)17-13-3-5-14(19)6-4-13/h2,7-10,13-14,19H,3-6H2,1H3,(H,17,20). The van der Waals surface area contributed by atoms with Crippen molar-refractivity contribution in [1.29, 1.82) is 0 Å². The van der Waals surface area contributed by atoms with Crippen molar-refractivity contribution in [3.05, 3.63) is 36.0 Å². The highest BCUT2D eigenvalue weighted by Gasteiger charge is 2.21. The van der Waals surface area contributed by atoms with Crippen LogP contribution in [0.1, 0.15) is 36.0 Å². The Bertz CT molecular complexity index is 624. The van der Waals surface area contributed by atoms with Crippen LogP contribution in [-0.2, 0) is 7.05 Å². The summed E-state index contributed by atoms with van der Waals surface area (Å²) in [6.45, 7) is 0. The molecule has 0 atom stereocenters. The smallest absolute Gasteiger partial charge is 0.251 e. The third-order valence-corrected chi connectivity index (χ3v) is 4.18. The molecule has 2 N–H and O–H groups in total. The third kappa shape index (κ3) is 2.56. The molecule has 1 amide bonds. The van der Waals surface area contributed by atoms with Gasteiger partial charge < -0.3 is 15.0 Å². The number of hydrogen-bond acceptors (Lipinski definition) is 2. The van der Waals surface area contributed by atoms with Crippen molar-refractivity contribution in [1.82, 2.24) is 9.88 Å². The van der Waals surface area contributed by atoms with Crippen molar-refractivity contribution < 1.29 is 9.90 Å². The van der Waals surface area contributed by atoms with Crippen molar-refractivity contribution in [2.45, 2.75) is 37.8 Å². The van der Waals surface area contributed by atoms with Crippen molar-refractivity contribution in [2.24, 2.45) is 7.05 Å². The minimum absolute atomic E-state index is 0.0165. The lowest BCUT2D eigenvalue weighted by atomic mass is 9.93. The average molecular weight is 272 g/mol. The Labute approximate surface area is 118 Å².